The highest BCUT2D eigenvalue weighted by Gasteiger charge is 2.30. The molecule has 0 spiro atoms. The molecule has 4 nitrogen and oxygen atoms in total. The Hall–Kier alpha value is -0.630. The molecule has 1 aliphatic rings. The van der Waals surface area contributed by atoms with Crippen molar-refractivity contribution in [2.45, 2.75) is 24.8 Å². The van der Waals surface area contributed by atoms with Gasteiger partial charge in [-0.05, 0) is 32.9 Å². The van der Waals surface area contributed by atoms with Gasteiger partial charge in [0, 0.05) is 13.1 Å². The summed E-state index contributed by atoms with van der Waals surface area (Å²) in [6.07, 6.45) is 2.77. The van der Waals surface area contributed by atoms with Crippen LogP contribution in [0.1, 0.15) is 19.3 Å². The Balaban J connectivity index is 2.54. The first-order chi connectivity index (χ1) is 6.72. The monoisotopic (exact) mass is 197 g/mol. The molecule has 14 heavy (non-hydrogen) atoms. The Bertz CT molecular complexity index is 210. The van der Waals surface area contributed by atoms with Gasteiger partial charge >= 0.3 is 0 Å². The lowest BCUT2D eigenvalue weighted by molar-refractivity contribution is 0.261. The van der Waals surface area contributed by atoms with Gasteiger partial charge < -0.3 is 10.0 Å². The number of hydrogen-bond acceptors (Lipinski definition) is 4. The van der Waals surface area contributed by atoms with Crippen LogP contribution in [0.3, 0.4) is 0 Å². The highest BCUT2D eigenvalue weighted by Crippen LogP contribution is 2.20. The molecule has 4 heteroatoms. The summed E-state index contributed by atoms with van der Waals surface area (Å²) in [6, 6.07) is 2.36. The Kier molecular flexibility index (Phi) is 4.33. The van der Waals surface area contributed by atoms with E-state index >= 15 is 0 Å². The SMILES string of the molecule is CN1CCCC(C#N)(NCCO)CC1. The first-order valence-electron chi connectivity index (χ1n) is 5.18. The third-order valence-corrected chi connectivity index (χ3v) is 2.85. The van der Waals surface area contributed by atoms with Gasteiger partial charge in [0.1, 0.15) is 5.54 Å². The molecule has 0 aromatic carbocycles. The number of nitriles is 1. The van der Waals surface area contributed by atoms with E-state index in [1.165, 1.54) is 0 Å². The van der Waals surface area contributed by atoms with Crippen molar-refractivity contribution in [1.82, 2.24) is 10.2 Å². The minimum absolute atomic E-state index is 0.0965. The fourth-order valence-electron chi connectivity index (χ4n) is 1.89. The highest BCUT2D eigenvalue weighted by atomic mass is 16.3. The fraction of sp³-hybridized carbons (Fsp3) is 0.900. The molecule has 80 valence electrons. The normalized spacial score (nSPS) is 29.5. The van der Waals surface area contributed by atoms with E-state index in [4.69, 9.17) is 10.4 Å². The summed E-state index contributed by atoms with van der Waals surface area (Å²) in [5, 5.41) is 21.1. The number of nitrogens with zero attached hydrogens (tertiary/aromatic N) is 2. The van der Waals surface area contributed by atoms with Gasteiger partial charge in [0.05, 0.1) is 12.7 Å². The van der Waals surface area contributed by atoms with E-state index in [0.717, 1.165) is 32.4 Å². The summed E-state index contributed by atoms with van der Waals surface area (Å²) in [7, 11) is 2.08. The minimum Gasteiger partial charge on any atom is -0.395 e. The summed E-state index contributed by atoms with van der Waals surface area (Å²) >= 11 is 0. The second-order valence-corrected chi connectivity index (χ2v) is 4.00. The standard InChI is InChI=1S/C10H19N3O/c1-13-6-2-3-10(9-11,4-7-13)12-5-8-14/h12,14H,2-8H2,1H3. The zero-order chi connectivity index (χ0) is 10.4. The molecule has 0 aromatic rings. The molecule has 0 radical (unpaired) electrons. The molecule has 0 aromatic heterocycles. The Morgan fingerprint density at radius 2 is 2.29 bits per heavy atom. The van der Waals surface area contributed by atoms with Crippen LogP contribution in [0.15, 0.2) is 0 Å². The largest absolute Gasteiger partial charge is 0.395 e. The van der Waals surface area contributed by atoms with Gasteiger partial charge in [0.2, 0.25) is 0 Å². The van der Waals surface area contributed by atoms with Crippen molar-refractivity contribution in [3.63, 3.8) is 0 Å². The lowest BCUT2D eigenvalue weighted by Crippen LogP contribution is -2.45. The van der Waals surface area contributed by atoms with Crippen molar-refractivity contribution < 1.29 is 5.11 Å². The predicted molar refractivity (Wildman–Crippen MR) is 54.8 cm³/mol. The van der Waals surface area contributed by atoms with E-state index in [1.54, 1.807) is 0 Å². The predicted octanol–water partition coefficient (Wildman–Crippen LogP) is -0.0536. The lowest BCUT2D eigenvalue weighted by atomic mass is 9.92. The number of likely N-dealkylation sites (tertiary alicyclic amines) is 1. The second-order valence-electron chi connectivity index (χ2n) is 4.00. The number of aliphatic hydroxyl groups excluding tert-OH is 1. The molecule has 1 atom stereocenters. The smallest absolute Gasteiger partial charge is 0.108 e. The van der Waals surface area contributed by atoms with Crippen molar-refractivity contribution in [1.29, 1.82) is 5.26 Å². The van der Waals surface area contributed by atoms with Crippen LogP contribution in [0.5, 0.6) is 0 Å². The maximum atomic E-state index is 9.17. The van der Waals surface area contributed by atoms with E-state index in [9.17, 15) is 0 Å². The van der Waals surface area contributed by atoms with E-state index in [2.05, 4.69) is 23.3 Å². The zero-order valence-corrected chi connectivity index (χ0v) is 8.79. The quantitative estimate of drug-likeness (QED) is 0.666. The number of β-amino-alcohol motifs (C(OH)–C–C–N with tert-alkyl or cyclic N) is 1. The molecule has 0 bridgehead atoms. The summed E-state index contributed by atoms with van der Waals surface area (Å²) < 4.78 is 0. The van der Waals surface area contributed by atoms with E-state index in [1.807, 2.05) is 0 Å². The second kappa shape index (κ2) is 5.30. The van der Waals surface area contributed by atoms with E-state index in [-0.39, 0.29) is 6.61 Å². The van der Waals surface area contributed by atoms with Gasteiger partial charge in [0.25, 0.3) is 0 Å². The van der Waals surface area contributed by atoms with Crippen LogP contribution in [-0.2, 0) is 0 Å². The molecule has 2 N–H and O–H groups in total. The lowest BCUT2D eigenvalue weighted by Gasteiger charge is -2.25. The Morgan fingerprint density at radius 1 is 1.50 bits per heavy atom. The zero-order valence-electron chi connectivity index (χ0n) is 8.79. The van der Waals surface area contributed by atoms with E-state index in [0.29, 0.717) is 6.54 Å². The third kappa shape index (κ3) is 2.95. The van der Waals surface area contributed by atoms with Crippen molar-refractivity contribution in [3.05, 3.63) is 0 Å². The molecule has 1 fully saturated rings. The molecule has 0 saturated carbocycles. The number of aliphatic hydroxyl groups is 1. The Morgan fingerprint density at radius 3 is 2.93 bits per heavy atom. The maximum absolute atomic E-state index is 9.17. The minimum atomic E-state index is -0.409. The molecule has 0 amide bonds. The van der Waals surface area contributed by atoms with Crippen molar-refractivity contribution in [2.24, 2.45) is 0 Å². The summed E-state index contributed by atoms with van der Waals surface area (Å²) in [5.41, 5.74) is -0.409. The van der Waals surface area contributed by atoms with Crippen LogP contribution in [0.2, 0.25) is 0 Å². The molecule has 1 heterocycles. The molecule has 0 aliphatic carbocycles. The van der Waals surface area contributed by atoms with Gasteiger partial charge in [-0.15, -0.1) is 0 Å². The van der Waals surface area contributed by atoms with Crippen molar-refractivity contribution >= 4 is 0 Å². The molecule has 1 aliphatic heterocycles. The van der Waals surface area contributed by atoms with Gasteiger partial charge in [-0.2, -0.15) is 5.26 Å². The van der Waals surface area contributed by atoms with Crippen LogP contribution >= 0.6 is 0 Å². The molecule has 1 unspecified atom stereocenters. The van der Waals surface area contributed by atoms with Crippen LogP contribution in [0.4, 0.5) is 0 Å². The summed E-state index contributed by atoms with van der Waals surface area (Å²) in [4.78, 5) is 2.25. The number of rotatable bonds is 3. The van der Waals surface area contributed by atoms with Crippen LogP contribution < -0.4 is 5.32 Å². The van der Waals surface area contributed by atoms with Crippen LogP contribution in [0, 0.1) is 11.3 Å². The molecule has 1 saturated heterocycles. The fourth-order valence-corrected chi connectivity index (χ4v) is 1.89. The van der Waals surface area contributed by atoms with Gasteiger partial charge in [0.15, 0.2) is 0 Å². The Labute approximate surface area is 85.5 Å². The third-order valence-electron chi connectivity index (χ3n) is 2.85. The first-order valence-corrected chi connectivity index (χ1v) is 5.18. The topological polar surface area (TPSA) is 59.3 Å². The van der Waals surface area contributed by atoms with Crippen molar-refractivity contribution in [3.8, 4) is 6.07 Å². The summed E-state index contributed by atoms with van der Waals surface area (Å²) in [6.45, 7) is 2.62. The van der Waals surface area contributed by atoms with Gasteiger partial charge in [-0.25, -0.2) is 0 Å². The molecular weight excluding hydrogens is 178 g/mol. The van der Waals surface area contributed by atoms with Gasteiger partial charge in [-0.3, -0.25) is 5.32 Å². The summed E-state index contributed by atoms with van der Waals surface area (Å²) in [5.74, 6) is 0. The van der Waals surface area contributed by atoms with Gasteiger partial charge in [-0.1, -0.05) is 0 Å². The van der Waals surface area contributed by atoms with E-state index < -0.39 is 5.54 Å². The van der Waals surface area contributed by atoms with Crippen LogP contribution in [-0.4, -0.2) is 48.8 Å². The average Bonchev–Trinajstić information content (AvgIpc) is 2.39. The molecule has 1 rings (SSSR count). The maximum Gasteiger partial charge on any atom is 0.108 e. The average molecular weight is 197 g/mol. The van der Waals surface area contributed by atoms with Crippen LogP contribution in [0.25, 0.3) is 0 Å². The number of nitrogens with one attached hydrogen (secondary N) is 1. The molecular formula is C10H19N3O. The first kappa shape index (κ1) is 11.4. The number of hydrogen-bond donors (Lipinski definition) is 2. The highest BCUT2D eigenvalue weighted by molar-refractivity contribution is 5.08. The van der Waals surface area contributed by atoms with Crippen molar-refractivity contribution in [2.75, 3.05) is 33.3 Å².